The smallest absolute Gasteiger partial charge is 0.251 e. The van der Waals surface area contributed by atoms with Gasteiger partial charge in [-0.3, -0.25) is 9.59 Å². The monoisotopic (exact) mass is 409 g/mol. The fraction of sp³-hybridized carbons (Fsp3) is 0.619. The number of hydrogen-bond acceptors (Lipinski definition) is 4. The molecule has 1 N–H and O–H groups in total. The summed E-state index contributed by atoms with van der Waals surface area (Å²) in [5.41, 5.74) is 0.519. The maximum atomic E-state index is 12.2. The van der Waals surface area contributed by atoms with E-state index in [1.54, 1.807) is 18.2 Å². The van der Waals surface area contributed by atoms with Gasteiger partial charge in [-0.2, -0.15) is 0 Å². The molecule has 0 aromatic heterocycles. The molecule has 0 unspecified atom stereocenters. The van der Waals surface area contributed by atoms with Crippen molar-refractivity contribution in [1.82, 2.24) is 15.1 Å². The van der Waals surface area contributed by atoms with Crippen molar-refractivity contribution in [3.63, 3.8) is 0 Å². The lowest BCUT2D eigenvalue weighted by molar-refractivity contribution is -0.133. The lowest BCUT2D eigenvalue weighted by Gasteiger charge is -2.32. The zero-order valence-electron chi connectivity index (χ0n) is 17.3. The van der Waals surface area contributed by atoms with Gasteiger partial charge in [0.1, 0.15) is 11.9 Å². The number of likely N-dealkylation sites (N-methyl/N-ethyl adjacent to an activating group) is 1. The summed E-state index contributed by atoms with van der Waals surface area (Å²) in [5, 5.41) is 3.30. The van der Waals surface area contributed by atoms with Crippen molar-refractivity contribution >= 4 is 23.4 Å². The van der Waals surface area contributed by atoms with Crippen LogP contribution in [0.5, 0.6) is 5.75 Å². The van der Waals surface area contributed by atoms with Crippen LogP contribution in [0.1, 0.15) is 43.5 Å². The van der Waals surface area contributed by atoms with Gasteiger partial charge in [0.05, 0.1) is 5.02 Å². The van der Waals surface area contributed by atoms with Gasteiger partial charge in [-0.15, -0.1) is 0 Å². The number of hydrogen-bond donors (Lipinski definition) is 1. The average Bonchev–Trinajstić information content (AvgIpc) is 2.63. The number of piperidine rings is 1. The second-order valence-corrected chi connectivity index (χ2v) is 8.41. The molecule has 7 heteroatoms. The number of rotatable bonds is 8. The average molecular weight is 410 g/mol. The van der Waals surface area contributed by atoms with Crippen LogP contribution in [-0.2, 0) is 4.79 Å². The Morgan fingerprint density at radius 2 is 1.96 bits per heavy atom. The number of ether oxygens (including phenoxy) is 1. The lowest BCUT2D eigenvalue weighted by atomic mass is 10.0. The molecule has 0 saturated carbocycles. The van der Waals surface area contributed by atoms with E-state index in [2.05, 4.69) is 19.2 Å². The Bertz CT molecular complexity index is 671. The first-order valence-electron chi connectivity index (χ1n) is 9.93. The normalized spacial score (nSPS) is 15.2. The predicted octanol–water partition coefficient (Wildman–Crippen LogP) is 3.05. The number of carbonyl (C=O) groups is 2. The van der Waals surface area contributed by atoms with Crippen molar-refractivity contribution < 1.29 is 14.3 Å². The molecule has 0 radical (unpaired) electrons. The highest BCUT2D eigenvalue weighted by molar-refractivity contribution is 6.32. The maximum Gasteiger partial charge on any atom is 0.251 e. The Balaban J connectivity index is 1.85. The molecule has 6 nitrogen and oxygen atoms in total. The minimum atomic E-state index is -0.146. The van der Waals surface area contributed by atoms with Crippen molar-refractivity contribution in [2.45, 2.75) is 39.2 Å². The highest BCUT2D eigenvalue weighted by Crippen LogP contribution is 2.28. The van der Waals surface area contributed by atoms with Crippen LogP contribution in [-0.4, -0.2) is 68.0 Å². The van der Waals surface area contributed by atoms with Crippen LogP contribution in [0.3, 0.4) is 0 Å². The van der Waals surface area contributed by atoms with Crippen LogP contribution in [0.4, 0.5) is 0 Å². The molecular weight excluding hydrogens is 378 g/mol. The quantitative estimate of drug-likeness (QED) is 0.716. The fourth-order valence-electron chi connectivity index (χ4n) is 3.11. The molecule has 0 aliphatic carbocycles. The van der Waals surface area contributed by atoms with E-state index in [4.69, 9.17) is 16.3 Å². The second kappa shape index (κ2) is 10.7. The first-order chi connectivity index (χ1) is 13.3. The molecule has 28 heavy (non-hydrogen) atoms. The Kier molecular flexibility index (Phi) is 8.58. The van der Waals surface area contributed by atoms with Crippen LogP contribution >= 0.6 is 11.6 Å². The van der Waals surface area contributed by atoms with E-state index in [-0.39, 0.29) is 17.9 Å². The van der Waals surface area contributed by atoms with Gasteiger partial charge in [-0.1, -0.05) is 25.4 Å². The molecule has 2 amide bonds. The second-order valence-electron chi connectivity index (χ2n) is 8.00. The number of amides is 2. The molecule has 2 rings (SSSR count). The Morgan fingerprint density at radius 1 is 1.29 bits per heavy atom. The molecular formula is C21H32ClN3O3. The first-order valence-corrected chi connectivity index (χ1v) is 10.3. The SMILES string of the molecule is CC(C)CC(=O)N1CCC(Oc2ccc(C(=O)NCCN(C)C)cc2Cl)CC1. The van der Waals surface area contributed by atoms with Crippen LogP contribution in [0.15, 0.2) is 18.2 Å². The van der Waals surface area contributed by atoms with E-state index in [0.717, 1.165) is 19.4 Å². The van der Waals surface area contributed by atoms with Gasteiger partial charge in [0.15, 0.2) is 0 Å². The number of benzene rings is 1. The predicted molar refractivity (Wildman–Crippen MR) is 112 cm³/mol. The molecule has 1 saturated heterocycles. The number of nitrogens with one attached hydrogen (secondary N) is 1. The summed E-state index contributed by atoms with van der Waals surface area (Å²) in [7, 11) is 3.92. The fourth-order valence-corrected chi connectivity index (χ4v) is 3.34. The number of carbonyl (C=O) groups excluding carboxylic acids is 2. The minimum absolute atomic E-state index is 0.0281. The van der Waals surface area contributed by atoms with Gasteiger partial charge >= 0.3 is 0 Å². The third kappa shape index (κ3) is 6.99. The van der Waals surface area contributed by atoms with Crippen molar-refractivity contribution in [1.29, 1.82) is 0 Å². The third-order valence-corrected chi connectivity index (χ3v) is 5.01. The highest BCUT2D eigenvalue weighted by atomic mass is 35.5. The molecule has 0 spiro atoms. The standard InChI is InChI=1S/C21H32ClN3O3/c1-15(2)13-20(26)25-10-7-17(8-11-25)28-19-6-5-16(14-18(19)22)21(27)23-9-12-24(3)4/h5-6,14-15,17H,7-13H2,1-4H3,(H,23,27). The van der Waals surface area contributed by atoms with Crippen molar-refractivity contribution in [3.8, 4) is 5.75 Å². The summed E-state index contributed by atoms with van der Waals surface area (Å²) in [6, 6.07) is 5.12. The zero-order valence-corrected chi connectivity index (χ0v) is 18.1. The van der Waals surface area contributed by atoms with E-state index in [1.165, 1.54) is 0 Å². The Hall–Kier alpha value is -1.79. The summed E-state index contributed by atoms with van der Waals surface area (Å²) < 4.78 is 6.03. The summed E-state index contributed by atoms with van der Waals surface area (Å²) in [6.45, 7) is 6.89. The van der Waals surface area contributed by atoms with E-state index in [9.17, 15) is 9.59 Å². The molecule has 0 bridgehead atoms. The van der Waals surface area contributed by atoms with Gasteiger partial charge in [0.2, 0.25) is 5.91 Å². The van der Waals surface area contributed by atoms with E-state index < -0.39 is 0 Å². The lowest BCUT2D eigenvalue weighted by Crippen LogP contribution is -2.42. The van der Waals surface area contributed by atoms with Gasteiger partial charge in [-0.25, -0.2) is 0 Å². The van der Waals surface area contributed by atoms with Crippen molar-refractivity contribution in [2.75, 3.05) is 40.3 Å². The van der Waals surface area contributed by atoms with E-state index >= 15 is 0 Å². The Labute approximate surface area is 173 Å². The topological polar surface area (TPSA) is 61.9 Å². The van der Waals surface area contributed by atoms with E-state index in [1.807, 2.05) is 23.9 Å². The van der Waals surface area contributed by atoms with Gasteiger partial charge in [0.25, 0.3) is 5.91 Å². The Morgan fingerprint density at radius 3 is 2.54 bits per heavy atom. The highest BCUT2D eigenvalue weighted by Gasteiger charge is 2.24. The molecule has 156 valence electrons. The first kappa shape index (κ1) is 22.5. The molecule has 0 atom stereocenters. The number of likely N-dealkylation sites (tertiary alicyclic amines) is 1. The number of nitrogens with zero attached hydrogens (tertiary/aromatic N) is 2. The van der Waals surface area contributed by atoms with Crippen LogP contribution in [0.2, 0.25) is 5.02 Å². The summed E-state index contributed by atoms with van der Waals surface area (Å²) in [6.07, 6.45) is 2.19. The summed E-state index contributed by atoms with van der Waals surface area (Å²) in [4.78, 5) is 28.3. The third-order valence-electron chi connectivity index (χ3n) is 4.71. The summed E-state index contributed by atoms with van der Waals surface area (Å²) in [5.74, 6) is 1.03. The van der Waals surface area contributed by atoms with Gasteiger partial charge in [0, 0.05) is 51.0 Å². The van der Waals surface area contributed by atoms with Crippen LogP contribution < -0.4 is 10.1 Å². The van der Waals surface area contributed by atoms with Gasteiger partial charge in [-0.05, 0) is 38.2 Å². The maximum absolute atomic E-state index is 12.2. The molecule has 1 fully saturated rings. The molecule has 1 heterocycles. The van der Waals surface area contributed by atoms with Crippen LogP contribution in [0.25, 0.3) is 0 Å². The largest absolute Gasteiger partial charge is 0.489 e. The molecule has 1 aromatic rings. The number of halogens is 1. The molecule has 1 aliphatic heterocycles. The minimum Gasteiger partial charge on any atom is -0.489 e. The molecule has 1 aromatic carbocycles. The summed E-state index contributed by atoms with van der Waals surface area (Å²) >= 11 is 6.34. The van der Waals surface area contributed by atoms with E-state index in [0.29, 0.717) is 48.3 Å². The van der Waals surface area contributed by atoms with Gasteiger partial charge < -0.3 is 19.9 Å². The molecule has 1 aliphatic rings. The van der Waals surface area contributed by atoms with Crippen LogP contribution in [0, 0.1) is 5.92 Å². The van der Waals surface area contributed by atoms with Crippen molar-refractivity contribution in [3.05, 3.63) is 28.8 Å². The zero-order chi connectivity index (χ0) is 20.7. The van der Waals surface area contributed by atoms with Crippen molar-refractivity contribution in [2.24, 2.45) is 5.92 Å².